The minimum Gasteiger partial charge on any atom is -0.489 e. The average molecular weight is 494 g/mol. The number of nitrogens with zero attached hydrogens (tertiary/aromatic N) is 3. The molecular weight excluding hydrogens is 462 g/mol. The molecular formula is C31H31N3O3. The predicted octanol–water partition coefficient (Wildman–Crippen LogP) is 5.11. The van der Waals surface area contributed by atoms with Crippen LogP contribution in [0.3, 0.4) is 0 Å². The molecule has 0 atom stereocenters. The zero-order valence-corrected chi connectivity index (χ0v) is 21.0. The molecule has 3 aromatic rings. The van der Waals surface area contributed by atoms with Crippen LogP contribution in [0.2, 0.25) is 0 Å². The van der Waals surface area contributed by atoms with Crippen molar-refractivity contribution in [3.05, 3.63) is 82.7 Å². The molecule has 3 aliphatic rings. The highest BCUT2D eigenvalue weighted by atomic mass is 16.5. The third-order valence-corrected chi connectivity index (χ3v) is 7.43. The topological polar surface area (TPSA) is 67.6 Å². The Kier molecular flexibility index (Phi) is 7.00. The number of fused-ring (bicyclic) bond motifs is 1. The van der Waals surface area contributed by atoms with Crippen LogP contribution < -0.4 is 4.74 Å². The fraction of sp³-hybridized carbons (Fsp3) is 0.355. The third-order valence-electron chi connectivity index (χ3n) is 7.43. The number of allylic oxidation sites excluding steroid dienone is 1. The van der Waals surface area contributed by atoms with Crippen molar-refractivity contribution >= 4 is 11.6 Å². The molecule has 188 valence electrons. The summed E-state index contributed by atoms with van der Waals surface area (Å²) in [6, 6.07) is 19.2. The second kappa shape index (κ2) is 10.9. The van der Waals surface area contributed by atoms with Gasteiger partial charge in [0, 0.05) is 50.7 Å². The second-order valence-electron chi connectivity index (χ2n) is 9.91. The molecule has 2 aliphatic heterocycles. The fourth-order valence-electron chi connectivity index (χ4n) is 5.41. The van der Waals surface area contributed by atoms with Crippen molar-refractivity contribution in [3.8, 4) is 22.9 Å². The highest BCUT2D eigenvalue weighted by molar-refractivity contribution is 5.93. The first-order valence-corrected chi connectivity index (χ1v) is 13.1. The summed E-state index contributed by atoms with van der Waals surface area (Å²) in [5.74, 6) is 0.650. The number of nitriles is 1. The van der Waals surface area contributed by atoms with E-state index in [0.29, 0.717) is 24.5 Å². The predicted molar refractivity (Wildman–Crippen MR) is 143 cm³/mol. The third kappa shape index (κ3) is 5.30. The molecule has 0 spiro atoms. The van der Waals surface area contributed by atoms with E-state index in [-0.39, 0.29) is 6.10 Å². The van der Waals surface area contributed by atoms with Crippen molar-refractivity contribution < 1.29 is 14.2 Å². The first kappa shape index (κ1) is 23.9. The molecule has 0 saturated carbocycles. The first-order chi connectivity index (χ1) is 18.3. The minimum atomic E-state index is 0.0985. The van der Waals surface area contributed by atoms with E-state index in [1.807, 2.05) is 24.4 Å². The van der Waals surface area contributed by atoms with Gasteiger partial charge in [-0.1, -0.05) is 30.3 Å². The van der Waals surface area contributed by atoms with Gasteiger partial charge < -0.3 is 14.2 Å². The highest BCUT2D eigenvalue weighted by Gasteiger charge is 2.21. The summed E-state index contributed by atoms with van der Waals surface area (Å²) in [4.78, 5) is 7.15. The number of hydrogen-bond acceptors (Lipinski definition) is 6. The van der Waals surface area contributed by atoms with E-state index in [2.05, 4.69) is 47.4 Å². The van der Waals surface area contributed by atoms with Crippen LogP contribution in [0, 0.1) is 11.3 Å². The van der Waals surface area contributed by atoms with E-state index in [4.69, 9.17) is 19.2 Å². The van der Waals surface area contributed by atoms with Crippen molar-refractivity contribution in [1.82, 2.24) is 9.88 Å². The summed E-state index contributed by atoms with van der Waals surface area (Å²) in [7, 11) is 0. The van der Waals surface area contributed by atoms with Crippen LogP contribution in [0.25, 0.3) is 22.8 Å². The molecule has 2 saturated heterocycles. The van der Waals surface area contributed by atoms with Gasteiger partial charge >= 0.3 is 0 Å². The zero-order valence-electron chi connectivity index (χ0n) is 21.0. The van der Waals surface area contributed by atoms with Crippen LogP contribution in [0.4, 0.5) is 0 Å². The molecule has 0 unspecified atom stereocenters. The molecule has 37 heavy (non-hydrogen) atoms. The lowest BCUT2D eigenvalue weighted by Gasteiger charge is -2.26. The van der Waals surface area contributed by atoms with Gasteiger partial charge in [0.05, 0.1) is 37.7 Å². The summed E-state index contributed by atoms with van der Waals surface area (Å²) in [5.41, 5.74) is 8.72. The van der Waals surface area contributed by atoms with Gasteiger partial charge in [-0.15, -0.1) is 0 Å². The molecule has 6 rings (SSSR count). The van der Waals surface area contributed by atoms with Crippen LogP contribution in [0.1, 0.15) is 40.8 Å². The van der Waals surface area contributed by atoms with Crippen molar-refractivity contribution in [3.63, 3.8) is 0 Å². The Morgan fingerprint density at radius 3 is 2.65 bits per heavy atom. The van der Waals surface area contributed by atoms with E-state index in [1.165, 1.54) is 16.7 Å². The molecule has 3 heterocycles. The Labute approximate surface area is 218 Å². The van der Waals surface area contributed by atoms with Crippen molar-refractivity contribution in [1.29, 1.82) is 5.26 Å². The van der Waals surface area contributed by atoms with Gasteiger partial charge in [0.2, 0.25) is 0 Å². The maximum absolute atomic E-state index is 9.86. The first-order valence-electron chi connectivity index (χ1n) is 13.1. The molecule has 6 nitrogen and oxygen atoms in total. The van der Waals surface area contributed by atoms with Gasteiger partial charge in [0.1, 0.15) is 17.9 Å². The molecule has 2 fully saturated rings. The van der Waals surface area contributed by atoms with Crippen molar-refractivity contribution in [2.45, 2.75) is 31.9 Å². The summed E-state index contributed by atoms with van der Waals surface area (Å²) in [6.07, 6.45) is 6.75. The lowest BCUT2D eigenvalue weighted by molar-refractivity contribution is 0.0254. The Bertz CT molecular complexity index is 1350. The average Bonchev–Trinajstić information content (AvgIpc) is 3.39. The summed E-state index contributed by atoms with van der Waals surface area (Å²) in [6.45, 7) is 5.94. The molecule has 6 heteroatoms. The minimum absolute atomic E-state index is 0.0985. The molecule has 0 radical (unpaired) electrons. The quantitative estimate of drug-likeness (QED) is 0.476. The van der Waals surface area contributed by atoms with E-state index in [9.17, 15) is 5.26 Å². The maximum atomic E-state index is 9.86. The van der Waals surface area contributed by atoms with E-state index in [0.717, 1.165) is 74.5 Å². The number of hydrogen-bond donors (Lipinski definition) is 0. The van der Waals surface area contributed by atoms with E-state index >= 15 is 0 Å². The van der Waals surface area contributed by atoms with E-state index < -0.39 is 0 Å². The Morgan fingerprint density at radius 1 is 0.973 bits per heavy atom. The molecule has 0 N–H and O–H groups in total. The standard InChI is InChI=1S/C31H31N3O3/c32-20-26-17-24(4-5-31(26)37-27-7-12-35-13-8-27)28-6-9-33-30-19-25(18-29(28)30)23-3-1-2-22(16-23)21-34-10-14-36-15-11-34/h1-6,9,16-18,27H,7-8,10-15,19,21H2. The number of ether oxygens (including phenoxy) is 3. The highest BCUT2D eigenvalue weighted by Crippen LogP contribution is 2.38. The summed E-state index contributed by atoms with van der Waals surface area (Å²) in [5, 5.41) is 9.86. The zero-order chi connectivity index (χ0) is 25.0. The van der Waals surface area contributed by atoms with Crippen LogP contribution >= 0.6 is 0 Å². The summed E-state index contributed by atoms with van der Waals surface area (Å²) >= 11 is 0. The number of aromatic nitrogens is 1. The maximum Gasteiger partial charge on any atom is 0.137 e. The SMILES string of the molecule is N#Cc1cc(-c2ccnc3c2C=C(c2cccc(CN4CCOCC4)c2)C3)ccc1OC1CCOCC1. The lowest BCUT2D eigenvalue weighted by Crippen LogP contribution is -2.35. The largest absolute Gasteiger partial charge is 0.489 e. The molecule has 1 aromatic heterocycles. The Balaban J connectivity index is 1.25. The van der Waals surface area contributed by atoms with Gasteiger partial charge in [-0.2, -0.15) is 5.26 Å². The second-order valence-corrected chi connectivity index (χ2v) is 9.91. The fourth-order valence-corrected chi connectivity index (χ4v) is 5.41. The molecule has 0 amide bonds. The lowest BCUT2D eigenvalue weighted by atomic mass is 9.98. The number of morpholine rings is 1. The Morgan fingerprint density at radius 2 is 1.81 bits per heavy atom. The van der Waals surface area contributed by atoms with Crippen molar-refractivity contribution in [2.75, 3.05) is 39.5 Å². The normalized spacial score (nSPS) is 18.2. The van der Waals surface area contributed by atoms with Crippen LogP contribution in [0.5, 0.6) is 5.75 Å². The van der Waals surface area contributed by atoms with Gasteiger partial charge in [0.15, 0.2) is 0 Å². The smallest absolute Gasteiger partial charge is 0.137 e. The van der Waals surface area contributed by atoms with Gasteiger partial charge in [-0.05, 0) is 52.1 Å². The summed E-state index contributed by atoms with van der Waals surface area (Å²) < 4.78 is 17.1. The molecule has 1 aliphatic carbocycles. The number of benzene rings is 2. The van der Waals surface area contributed by atoms with Crippen LogP contribution in [-0.4, -0.2) is 55.5 Å². The van der Waals surface area contributed by atoms with Gasteiger partial charge in [-0.25, -0.2) is 0 Å². The van der Waals surface area contributed by atoms with Crippen LogP contribution in [0.15, 0.2) is 54.7 Å². The number of rotatable bonds is 6. The van der Waals surface area contributed by atoms with Crippen LogP contribution in [-0.2, 0) is 22.4 Å². The number of pyridine rings is 1. The van der Waals surface area contributed by atoms with Crippen molar-refractivity contribution in [2.24, 2.45) is 0 Å². The monoisotopic (exact) mass is 493 g/mol. The van der Waals surface area contributed by atoms with Gasteiger partial charge in [-0.3, -0.25) is 9.88 Å². The van der Waals surface area contributed by atoms with Gasteiger partial charge in [0.25, 0.3) is 0 Å². The van der Waals surface area contributed by atoms with E-state index in [1.54, 1.807) is 0 Å². The molecule has 2 aromatic carbocycles. The Hall–Kier alpha value is -3.50. The molecule has 0 bridgehead atoms.